The molecule has 0 atom stereocenters. The maximum absolute atomic E-state index is 12.3. The molecule has 0 radical (unpaired) electrons. The Morgan fingerprint density at radius 3 is 2.38 bits per heavy atom. The van der Waals surface area contributed by atoms with Gasteiger partial charge in [-0.2, -0.15) is 13.2 Å². The zero-order valence-electron chi connectivity index (χ0n) is 12.5. The predicted molar refractivity (Wildman–Crippen MR) is 74.0 cm³/mol. The van der Waals surface area contributed by atoms with E-state index in [0.717, 1.165) is 23.6 Å². The number of furan rings is 1. The number of hydrogen-bond donors (Lipinski definition) is 1. The molecule has 1 aromatic heterocycles. The fourth-order valence-electron chi connectivity index (χ4n) is 2.61. The van der Waals surface area contributed by atoms with E-state index in [2.05, 4.69) is 10.2 Å². The largest absolute Gasteiger partial charge is 0.465 e. The summed E-state index contributed by atoms with van der Waals surface area (Å²) in [4.78, 5) is 3.59. The van der Waals surface area contributed by atoms with E-state index < -0.39 is 12.7 Å². The van der Waals surface area contributed by atoms with Crippen LogP contribution < -0.4 is 5.32 Å². The Bertz CT molecular complexity index is 451. The van der Waals surface area contributed by atoms with Crippen molar-refractivity contribution in [3.63, 3.8) is 0 Å². The normalized spacial score (nSPS) is 18.3. The molecule has 120 valence electrons. The first-order valence-electron chi connectivity index (χ1n) is 7.11. The molecule has 0 spiro atoms. The average Bonchev–Trinajstić information content (AvgIpc) is 2.71. The molecule has 1 aromatic rings. The van der Waals surface area contributed by atoms with Gasteiger partial charge >= 0.3 is 6.18 Å². The number of hydrogen-bond acceptors (Lipinski definition) is 4. The summed E-state index contributed by atoms with van der Waals surface area (Å²) in [7, 11) is 1.88. The Kier molecular flexibility index (Phi) is 5.29. The fourth-order valence-corrected chi connectivity index (χ4v) is 2.61. The zero-order chi connectivity index (χ0) is 15.5. The van der Waals surface area contributed by atoms with Crippen molar-refractivity contribution in [2.45, 2.75) is 26.2 Å². The second-order valence-electron chi connectivity index (χ2n) is 5.49. The van der Waals surface area contributed by atoms with Crippen molar-refractivity contribution in [1.29, 1.82) is 0 Å². The van der Waals surface area contributed by atoms with Gasteiger partial charge in [-0.15, -0.1) is 0 Å². The van der Waals surface area contributed by atoms with Gasteiger partial charge in [-0.05, 0) is 20.0 Å². The van der Waals surface area contributed by atoms with Crippen LogP contribution in [0.15, 0.2) is 10.5 Å². The minimum atomic E-state index is -4.11. The maximum atomic E-state index is 12.3. The van der Waals surface area contributed by atoms with E-state index in [9.17, 15) is 13.2 Å². The highest BCUT2D eigenvalue weighted by atomic mass is 19.4. The van der Waals surface area contributed by atoms with Crippen molar-refractivity contribution in [2.75, 3.05) is 39.8 Å². The van der Waals surface area contributed by atoms with Crippen LogP contribution in [0.25, 0.3) is 0 Å². The van der Waals surface area contributed by atoms with Crippen molar-refractivity contribution in [3.8, 4) is 0 Å². The molecule has 0 amide bonds. The van der Waals surface area contributed by atoms with Gasteiger partial charge < -0.3 is 9.73 Å². The monoisotopic (exact) mass is 305 g/mol. The van der Waals surface area contributed by atoms with Crippen LogP contribution in [-0.2, 0) is 13.1 Å². The van der Waals surface area contributed by atoms with E-state index in [0.29, 0.717) is 32.7 Å². The molecule has 1 saturated heterocycles. The molecule has 21 heavy (non-hydrogen) atoms. The Balaban J connectivity index is 1.82. The average molecular weight is 305 g/mol. The number of aryl methyl sites for hydroxylation is 1. The highest BCUT2D eigenvalue weighted by Gasteiger charge is 2.32. The lowest BCUT2D eigenvalue weighted by molar-refractivity contribution is -0.149. The van der Waals surface area contributed by atoms with Gasteiger partial charge in [0, 0.05) is 38.3 Å². The van der Waals surface area contributed by atoms with Crippen LogP contribution in [0, 0.1) is 6.92 Å². The quantitative estimate of drug-likeness (QED) is 0.901. The predicted octanol–water partition coefficient (Wildman–Crippen LogP) is 1.99. The molecule has 0 aromatic carbocycles. The molecular weight excluding hydrogens is 283 g/mol. The zero-order valence-corrected chi connectivity index (χ0v) is 12.5. The minimum Gasteiger partial charge on any atom is -0.465 e. The van der Waals surface area contributed by atoms with E-state index in [4.69, 9.17) is 4.42 Å². The van der Waals surface area contributed by atoms with Crippen molar-refractivity contribution in [2.24, 2.45) is 0 Å². The second kappa shape index (κ2) is 6.81. The van der Waals surface area contributed by atoms with Crippen LogP contribution >= 0.6 is 0 Å². The van der Waals surface area contributed by atoms with E-state index in [-0.39, 0.29) is 0 Å². The number of nitrogens with one attached hydrogen (secondary N) is 1. The third-order valence-corrected chi connectivity index (χ3v) is 3.69. The molecule has 0 unspecified atom stereocenters. The molecule has 7 heteroatoms. The van der Waals surface area contributed by atoms with Gasteiger partial charge in [0.15, 0.2) is 0 Å². The van der Waals surface area contributed by atoms with Crippen LogP contribution in [0.4, 0.5) is 13.2 Å². The van der Waals surface area contributed by atoms with E-state index >= 15 is 0 Å². The molecule has 0 aliphatic carbocycles. The summed E-state index contributed by atoms with van der Waals surface area (Å²) in [5, 5.41) is 3.08. The van der Waals surface area contributed by atoms with Crippen molar-refractivity contribution in [3.05, 3.63) is 23.2 Å². The number of alkyl halides is 3. The molecule has 1 N–H and O–H groups in total. The van der Waals surface area contributed by atoms with E-state index in [1.54, 1.807) is 0 Å². The van der Waals surface area contributed by atoms with Gasteiger partial charge in [0.25, 0.3) is 0 Å². The van der Waals surface area contributed by atoms with Crippen LogP contribution in [0.1, 0.15) is 17.1 Å². The molecule has 4 nitrogen and oxygen atoms in total. The summed E-state index contributed by atoms with van der Waals surface area (Å²) in [6.07, 6.45) is -4.11. The van der Waals surface area contributed by atoms with Gasteiger partial charge in [0.2, 0.25) is 0 Å². The lowest BCUT2D eigenvalue weighted by Gasteiger charge is -2.34. The number of halogens is 3. The molecule has 0 saturated carbocycles. The van der Waals surface area contributed by atoms with Crippen molar-refractivity contribution < 1.29 is 17.6 Å². The molecule has 2 heterocycles. The third-order valence-electron chi connectivity index (χ3n) is 3.69. The van der Waals surface area contributed by atoms with Gasteiger partial charge in [0.1, 0.15) is 11.5 Å². The maximum Gasteiger partial charge on any atom is 0.401 e. The van der Waals surface area contributed by atoms with Gasteiger partial charge in [-0.3, -0.25) is 9.80 Å². The first kappa shape index (κ1) is 16.3. The summed E-state index contributed by atoms with van der Waals surface area (Å²) in [5.41, 5.74) is 1.13. The molecule has 1 aliphatic heterocycles. The summed E-state index contributed by atoms with van der Waals surface area (Å²) >= 11 is 0. The Morgan fingerprint density at radius 1 is 1.19 bits per heavy atom. The van der Waals surface area contributed by atoms with Crippen LogP contribution in [0.3, 0.4) is 0 Å². The molecule has 2 rings (SSSR count). The van der Waals surface area contributed by atoms with Gasteiger partial charge in [0.05, 0.1) is 13.1 Å². The van der Waals surface area contributed by atoms with Crippen LogP contribution in [0.5, 0.6) is 0 Å². The summed E-state index contributed by atoms with van der Waals surface area (Å²) in [6, 6.07) is 2.02. The summed E-state index contributed by atoms with van der Waals surface area (Å²) in [5.74, 6) is 1.78. The standard InChI is InChI=1S/C14H22F3N3O/c1-11-12(8-18-2)7-13(21-11)9-19-3-5-20(6-4-19)10-14(15,16)17/h7,18H,3-6,8-10H2,1-2H3. The lowest BCUT2D eigenvalue weighted by Crippen LogP contribution is -2.48. The van der Waals surface area contributed by atoms with Gasteiger partial charge in [-0.1, -0.05) is 0 Å². The SMILES string of the molecule is CNCc1cc(CN2CCN(CC(F)(F)F)CC2)oc1C. The smallest absolute Gasteiger partial charge is 0.401 e. The van der Waals surface area contributed by atoms with E-state index in [1.807, 2.05) is 20.0 Å². The summed E-state index contributed by atoms with van der Waals surface area (Å²) in [6.45, 7) is 4.70. The van der Waals surface area contributed by atoms with Crippen molar-refractivity contribution >= 4 is 0 Å². The molecule has 1 aliphatic rings. The lowest BCUT2D eigenvalue weighted by atomic mass is 10.2. The van der Waals surface area contributed by atoms with E-state index in [1.165, 1.54) is 4.90 Å². The first-order valence-corrected chi connectivity index (χ1v) is 7.11. The molecule has 0 bridgehead atoms. The highest BCUT2D eigenvalue weighted by Crippen LogP contribution is 2.19. The Hall–Kier alpha value is -1.05. The highest BCUT2D eigenvalue weighted by molar-refractivity contribution is 5.20. The van der Waals surface area contributed by atoms with Crippen LogP contribution in [0.2, 0.25) is 0 Å². The molecule has 1 fully saturated rings. The Morgan fingerprint density at radius 2 is 1.81 bits per heavy atom. The third kappa shape index (κ3) is 5.01. The summed E-state index contributed by atoms with van der Waals surface area (Å²) < 4.78 is 42.7. The van der Waals surface area contributed by atoms with Gasteiger partial charge in [-0.25, -0.2) is 0 Å². The topological polar surface area (TPSA) is 31.6 Å². The number of nitrogens with zero attached hydrogens (tertiary/aromatic N) is 2. The number of piperazine rings is 1. The number of rotatable bonds is 5. The fraction of sp³-hybridized carbons (Fsp3) is 0.714. The molecular formula is C14H22F3N3O. The Labute approximate surface area is 122 Å². The van der Waals surface area contributed by atoms with Crippen molar-refractivity contribution in [1.82, 2.24) is 15.1 Å². The minimum absolute atomic E-state index is 0.447. The first-order chi connectivity index (χ1) is 9.87. The van der Waals surface area contributed by atoms with Crippen LogP contribution in [-0.4, -0.2) is 55.7 Å². The second-order valence-corrected chi connectivity index (χ2v) is 5.49.